The maximum atomic E-state index is 14.6. The number of amides is 5. The van der Waals surface area contributed by atoms with E-state index in [1.54, 1.807) is 42.9 Å². The molecule has 0 bridgehead atoms. The molecular weight excluding hydrogens is 666 g/mol. The number of aliphatic hydroxyl groups is 1. The van der Waals surface area contributed by atoms with Gasteiger partial charge in [0.15, 0.2) is 0 Å². The zero-order chi connectivity index (χ0) is 38.7. The fourth-order valence-electron chi connectivity index (χ4n) is 8.57. The summed E-state index contributed by atoms with van der Waals surface area (Å²) >= 11 is 0. The van der Waals surface area contributed by atoms with Gasteiger partial charge >= 0.3 is 6.03 Å². The molecule has 1 aromatic rings. The Morgan fingerprint density at radius 2 is 1.77 bits per heavy atom. The standard InChI is InChI=1S/C39H65N5O8/c1-10-26(4)34(42(7)37(48)33(25(2)3)39(6)24-52-20-19-44(39)38(40)49)31(50-8)22-32(46)43-18-14-17-30(43)35(51-9)27(5)36(47)41-29(23-45)21-28-15-12-11-13-16-28/h11-13,15-16,25-27,29-31,33-35,45H,10,14,17-24H2,1-9H3,(H2,40,49)(H,41,47)/t26-,27+,29-,30-,31+,33+,34-,35+,39?/m0/s1. The third-order valence-electron chi connectivity index (χ3n) is 11.5. The second-order valence-electron chi connectivity index (χ2n) is 15.3. The lowest BCUT2D eigenvalue weighted by Crippen LogP contribution is -2.67. The molecule has 9 atom stereocenters. The van der Waals surface area contributed by atoms with Gasteiger partial charge < -0.3 is 45.1 Å². The van der Waals surface area contributed by atoms with E-state index < -0.39 is 47.7 Å². The number of carbonyl (C=O) groups excluding carboxylic acids is 4. The third-order valence-corrected chi connectivity index (χ3v) is 11.5. The summed E-state index contributed by atoms with van der Waals surface area (Å²) in [4.78, 5) is 59.9. The summed E-state index contributed by atoms with van der Waals surface area (Å²) in [7, 11) is 4.88. The molecule has 3 rings (SSSR count). The van der Waals surface area contributed by atoms with Crippen LogP contribution in [-0.2, 0) is 35.0 Å². The lowest BCUT2D eigenvalue weighted by molar-refractivity contribution is -0.156. The smallest absolute Gasteiger partial charge is 0.315 e. The van der Waals surface area contributed by atoms with Gasteiger partial charge in [0, 0.05) is 34.4 Å². The number of hydrogen-bond donors (Lipinski definition) is 3. The van der Waals surface area contributed by atoms with Gasteiger partial charge in [-0.25, -0.2) is 4.79 Å². The van der Waals surface area contributed by atoms with Crippen molar-refractivity contribution in [3.63, 3.8) is 0 Å². The van der Waals surface area contributed by atoms with Crippen LogP contribution in [0.25, 0.3) is 0 Å². The molecule has 0 aromatic heterocycles. The van der Waals surface area contributed by atoms with Gasteiger partial charge in [-0.2, -0.15) is 0 Å². The fraction of sp³-hybridized carbons (Fsp3) is 0.744. The summed E-state index contributed by atoms with van der Waals surface area (Å²) in [6, 6.07) is 7.83. The Hall–Kier alpha value is -3.26. The largest absolute Gasteiger partial charge is 0.394 e. The van der Waals surface area contributed by atoms with Gasteiger partial charge in [0.2, 0.25) is 17.7 Å². The van der Waals surface area contributed by atoms with E-state index in [9.17, 15) is 24.3 Å². The maximum Gasteiger partial charge on any atom is 0.315 e. The van der Waals surface area contributed by atoms with Crippen LogP contribution in [-0.4, -0.2) is 134 Å². The van der Waals surface area contributed by atoms with E-state index in [0.717, 1.165) is 18.4 Å². The highest BCUT2D eigenvalue weighted by atomic mass is 16.5. The number of methoxy groups -OCH3 is 2. The first-order chi connectivity index (χ1) is 24.7. The second-order valence-corrected chi connectivity index (χ2v) is 15.3. The minimum absolute atomic E-state index is 0.0256. The number of nitrogens with one attached hydrogen (secondary N) is 1. The van der Waals surface area contributed by atoms with Crippen LogP contribution in [0, 0.1) is 23.7 Å². The molecule has 2 fully saturated rings. The van der Waals surface area contributed by atoms with Crippen molar-refractivity contribution in [3.05, 3.63) is 35.9 Å². The summed E-state index contributed by atoms with van der Waals surface area (Å²) in [5.41, 5.74) is 5.86. The van der Waals surface area contributed by atoms with E-state index in [0.29, 0.717) is 32.5 Å². The number of carbonyl (C=O) groups is 4. The van der Waals surface area contributed by atoms with Crippen LogP contribution in [0.15, 0.2) is 30.3 Å². The van der Waals surface area contributed by atoms with Gasteiger partial charge in [0.25, 0.3) is 0 Å². The highest BCUT2D eigenvalue weighted by Crippen LogP contribution is 2.36. The maximum absolute atomic E-state index is 14.6. The summed E-state index contributed by atoms with van der Waals surface area (Å²) in [6.07, 6.45) is 1.49. The SMILES string of the molecule is CC[C@H](C)[C@@H]([C@@H](CC(=O)N1CCC[C@H]1[C@H](OC)[C@@H](C)C(=O)N[C@H](CO)Cc1ccccc1)OC)N(C)C(=O)[C@@H](C(C)C)C1(C)COCCN1C(N)=O. The Morgan fingerprint density at radius 1 is 1.10 bits per heavy atom. The number of ether oxygens (including phenoxy) is 3. The Kier molecular flexibility index (Phi) is 16.4. The van der Waals surface area contributed by atoms with Gasteiger partial charge in [-0.05, 0) is 43.6 Å². The molecule has 0 saturated carbocycles. The molecule has 0 spiro atoms. The molecule has 0 radical (unpaired) electrons. The number of hydrogen-bond acceptors (Lipinski definition) is 8. The lowest BCUT2D eigenvalue weighted by Gasteiger charge is -2.50. The number of primary amides is 1. The number of benzene rings is 1. The molecular formula is C39H65N5O8. The van der Waals surface area contributed by atoms with Crippen molar-refractivity contribution >= 4 is 23.8 Å². The molecule has 2 aliphatic heterocycles. The molecule has 13 heteroatoms. The fourth-order valence-corrected chi connectivity index (χ4v) is 8.57. The number of morpholine rings is 1. The van der Waals surface area contributed by atoms with Crippen molar-refractivity contribution in [2.45, 2.75) is 110 Å². The predicted molar refractivity (Wildman–Crippen MR) is 199 cm³/mol. The monoisotopic (exact) mass is 731 g/mol. The van der Waals surface area contributed by atoms with Crippen LogP contribution in [0.1, 0.15) is 72.8 Å². The van der Waals surface area contributed by atoms with E-state index in [4.69, 9.17) is 19.9 Å². The summed E-state index contributed by atoms with van der Waals surface area (Å²) in [5, 5.41) is 13.0. The summed E-state index contributed by atoms with van der Waals surface area (Å²) in [5.74, 6) is -1.95. The van der Waals surface area contributed by atoms with Gasteiger partial charge in [-0.15, -0.1) is 0 Å². The number of likely N-dealkylation sites (N-methyl/N-ethyl adjacent to an activating group) is 1. The molecule has 1 unspecified atom stereocenters. The Morgan fingerprint density at radius 3 is 2.33 bits per heavy atom. The Labute approximate surface area is 310 Å². The molecule has 2 saturated heterocycles. The average Bonchev–Trinajstić information content (AvgIpc) is 3.60. The minimum Gasteiger partial charge on any atom is -0.394 e. The van der Waals surface area contributed by atoms with Crippen LogP contribution in [0.4, 0.5) is 4.79 Å². The highest BCUT2D eigenvalue weighted by Gasteiger charge is 2.51. The van der Waals surface area contributed by atoms with Gasteiger partial charge in [0.05, 0.1) is 73.9 Å². The van der Waals surface area contributed by atoms with Crippen molar-refractivity contribution in [1.82, 2.24) is 20.0 Å². The van der Waals surface area contributed by atoms with Crippen LogP contribution >= 0.6 is 0 Å². The quantitative estimate of drug-likeness (QED) is 0.208. The zero-order valence-corrected chi connectivity index (χ0v) is 32.9. The van der Waals surface area contributed by atoms with Gasteiger partial charge in [-0.3, -0.25) is 14.4 Å². The first kappa shape index (κ1) is 43.1. The van der Waals surface area contributed by atoms with E-state index in [-0.39, 0.29) is 55.2 Å². The topological polar surface area (TPSA) is 164 Å². The number of urea groups is 1. The molecule has 4 N–H and O–H groups in total. The van der Waals surface area contributed by atoms with E-state index in [1.165, 1.54) is 0 Å². The van der Waals surface area contributed by atoms with Crippen molar-refractivity contribution in [2.75, 3.05) is 54.2 Å². The van der Waals surface area contributed by atoms with Gasteiger partial charge in [-0.1, -0.05) is 71.4 Å². The first-order valence-corrected chi connectivity index (χ1v) is 18.9. The third kappa shape index (κ3) is 10.0. The van der Waals surface area contributed by atoms with Crippen LogP contribution in [0.3, 0.4) is 0 Å². The number of rotatable bonds is 18. The molecule has 0 aliphatic carbocycles. The highest BCUT2D eigenvalue weighted by molar-refractivity contribution is 5.83. The van der Waals surface area contributed by atoms with E-state index in [1.807, 2.05) is 65.0 Å². The number of nitrogens with two attached hydrogens (primary N) is 1. The number of likely N-dealkylation sites (tertiary alicyclic amines) is 1. The van der Waals surface area contributed by atoms with Gasteiger partial charge in [0.1, 0.15) is 0 Å². The molecule has 1 aromatic carbocycles. The van der Waals surface area contributed by atoms with Crippen molar-refractivity contribution in [3.8, 4) is 0 Å². The van der Waals surface area contributed by atoms with Crippen molar-refractivity contribution in [1.29, 1.82) is 0 Å². The summed E-state index contributed by atoms with van der Waals surface area (Å²) in [6.45, 7) is 12.8. The predicted octanol–water partition coefficient (Wildman–Crippen LogP) is 3.07. The Balaban J connectivity index is 1.80. The molecule has 5 amide bonds. The molecule has 2 aliphatic rings. The molecule has 13 nitrogen and oxygen atoms in total. The molecule has 294 valence electrons. The van der Waals surface area contributed by atoms with E-state index >= 15 is 0 Å². The minimum atomic E-state index is -0.957. The lowest BCUT2D eigenvalue weighted by atomic mass is 9.75. The Bertz CT molecular complexity index is 1320. The zero-order valence-electron chi connectivity index (χ0n) is 32.9. The molecule has 2 heterocycles. The summed E-state index contributed by atoms with van der Waals surface area (Å²) < 4.78 is 17.8. The normalized spacial score (nSPS) is 23.3. The number of nitrogens with zero attached hydrogens (tertiary/aromatic N) is 3. The first-order valence-electron chi connectivity index (χ1n) is 18.9. The van der Waals surface area contributed by atoms with Crippen molar-refractivity contribution in [2.24, 2.45) is 29.4 Å². The average molecular weight is 732 g/mol. The van der Waals surface area contributed by atoms with Crippen LogP contribution in [0.5, 0.6) is 0 Å². The van der Waals surface area contributed by atoms with Crippen molar-refractivity contribution < 1.29 is 38.5 Å². The molecule has 52 heavy (non-hydrogen) atoms. The van der Waals surface area contributed by atoms with E-state index in [2.05, 4.69) is 5.32 Å². The number of aliphatic hydroxyl groups excluding tert-OH is 1. The second kappa shape index (κ2) is 19.7. The van der Waals surface area contributed by atoms with Crippen LogP contribution in [0.2, 0.25) is 0 Å². The van der Waals surface area contributed by atoms with Crippen LogP contribution < -0.4 is 11.1 Å².